The van der Waals surface area contributed by atoms with Gasteiger partial charge >= 0.3 is 6.18 Å². The highest BCUT2D eigenvalue weighted by molar-refractivity contribution is 5.42. The molecular weight excluding hydrogens is 195 g/mol. The summed E-state index contributed by atoms with van der Waals surface area (Å²) in [5.74, 6) is 0. The standard InChI is InChI=1S/C8H12F3N3/c1-2-3-4-14-5-6(12)7(13-14)8(9,10)11/h5H,2-4,12H2,1H3. The van der Waals surface area contributed by atoms with E-state index in [9.17, 15) is 13.2 Å². The molecule has 1 rings (SSSR count). The summed E-state index contributed by atoms with van der Waals surface area (Å²) in [5, 5.41) is 3.39. The van der Waals surface area contributed by atoms with E-state index < -0.39 is 11.9 Å². The molecule has 0 aliphatic heterocycles. The first-order valence-electron chi connectivity index (χ1n) is 4.35. The van der Waals surface area contributed by atoms with Crippen LogP contribution < -0.4 is 5.73 Å². The normalized spacial score (nSPS) is 12.0. The highest BCUT2D eigenvalue weighted by Gasteiger charge is 2.36. The van der Waals surface area contributed by atoms with Gasteiger partial charge < -0.3 is 5.73 Å². The van der Waals surface area contributed by atoms with Crippen LogP contribution in [-0.4, -0.2) is 9.78 Å². The maximum absolute atomic E-state index is 12.2. The van der Waals surface area contributed by atoms with Crippen LogP contribution >= 0.6 is 0 Å². The second-order valence-electron chi connectivity index (χ2n) is 3.05. The molecule has 1 heterocycles. The van der Waals surface area contributed by atoms with E-state index in [0.717, 1.165) is 12.8 Å². The van der Waals surface area contributed by atoms with E-state index in [4.69, 9.17) is 5.73 Å². The Kier molecular flexibility index (Phi) is 3.03. The van der Waals surface area contributed by atoms with Crippen molar-refractivity contribution in [3.63, 3.8) is 0 Å². The predicted molar refractivity (Wildman–Crippen MR) is 46.5 cm³/mol. The SMILES string of the molecule is CCCCn1cc(N)c(C(F)(F)F)n1. The molecule has 0 aromatic carbocycles. The summed E-state index contributed by atoms with van der Waals surface area (Å²) < 4.78 is 37.9. The van der Waals surface area contributed by atoms with Crippen LogP contribution in [0.15, 0.2) is 6.20 Å². The van der Waals surface area contributed by atoms with Crippen molar-refractivity contribution >= 4 is 5.69 Å². The number of alkyl halides is 3. The Morgan fingerprint density at radius 2 is 2.14 bits per heavy atom. The molecule has 0 aliphatic carbocycles. The topological polar surface area (TPSA) is 43.8 Å². The van der Waals surface area contributed by atoms with E-state index in [1.165, 1.54) is 10.9 Å². The van der Waals surface area contributed by atoms with E-state index in [-0.39, 0.29) is 5.69 Å². The van der Waals surface area contributed by atoms with E-state index in [0.29, 0.717) is 6.54 Å². The first-order valence-corrected chi connectivity index (χ1v) is 4.35. The Hall–Kier alpha value is -1.20. The van der Waals surface area contributed by atoms with Crippen LogP contribution in [0.25, 0.3) is 0 Å². The molecule has 0 unspecified atom stereocenters. The second-order valence-corrected chi connectivity index (χ2v) is 3.05. The zero-order valence-corrected chi connectivity index (χ0v) is 7.80. The van der Waals surface area contributed by atoms with Crippen molar-refractivity contribution in [2.24, 2.45) is 0 Å². The van der Waals surface area contributed by atoms with Crippen molar-refractivity contribution in [1.29, 1.82) is 0 Å². The summed E-state index contributed by atoms with van der Waals surface area (Å²) in [6, 6.07) is 0. The molecule has 0 fully saturated rings. The summed E-state index contributed by atoms with van der Waals surface area (Å²) in [4.78, 5) is 0. The van der Waals surface area contributed by atoms with E-state index >= 15 is 0 Å². The molecule has 0 aliphatic rings. The third-order valence-electron chi connectivity index (χ3n) is 1.80. The largest absolute Gasteiger partial charge is 0.437 e. The van der Waals surface area contributed by atoms with Gasteiger partial charge in [-0.05, 0) is 6.42 Å². The van der Waals surface area contributed by atoms with Gasteiger partial charge in [-0.25, -0.2) is 0 Å². The second kappa shape index (κ2) is 3.89. The number of rotatable bonds is 3. The van der Waals surface area contributed by atoms with E-state index in [2.05, 4.69) is 5.10 Å². The summed E-state index contributed by atoms with van der Waals surface area (Å²) in [6.45, 7) is 2.42. The van der Waals surface area contributed by atoms with Gasteiger partial charge in [0.05, 0.1) is 5.69 Å². The molecular formula is C8H12F3N3. The number of nitrogens with two attached hydrogens (primary N) is 1. The van der Waals surface area contributed by atoms with Gasteiger partial charge in [0.15, 0.2) is 5.69 Å². The van der Waals surface area contributed by atoms with Gasteiger partial charge in [0.25, 0.3) is 0 Å². The molecule has 0 saturated heterocycles. The molecule has 0 atom stereocenters. The van der Waals surface area contributed by atoms with Crippen molar-refractivity contribution in [3.8, 4) is 0 Å². The molecule has 0 bridgehead atoms. The molecule has 14 heavy (non-hydrogen) atoms. The average molecular weight is 207 g/mol. The maximum atomic E-state index is 12.2. The van der Waals surface area contributed by atoms with Crippen molar-refractivity contribution in [1.82, 2.24) is 9.78 Å². The Bertz CT molecular complexity index is 303. The number of aryl methyl sites for hydroxylation is 1. The first-order chi connectivity index (χ1) is 6.45. The van der Waals surface area contributed by atoms with E-state index in [1.54, 1.807) is 0 Å². The van der Waals surface area contributed by atoms with Crippen LogP contribution in [0.1, 0.15) is 25.5 Å². The highest BCUT2D eigenvalue weighted by Crippen LogP contribution is 2.31. The third-order valence-corrected chi connectivity index (χ3v) is 1.80. The lowest BCUT2D eigenvalue weighted by atomic mass is 10.3. The minimum atomic E-state index is -4.46. The third kappa shape index (κ3) is 2.40. The summed E-state index contributed by atoms with van der Waals surface area (Å²) >= 11 is 0. The van der Waals surface area contributed by atoms with Gasteiger partial charge in [0, 0.05) is 12.7 Å². The number of anilines is 1. The van der Waals surface area contributed by atoms with E-state index in [1.807, 2.05) is 6.92 Å². The van der Waals surface area contributed by atoms with Crippen LogP contribution in [-0.2, 0) is 12.7 Å². The molecule has 1 aromatic rings. The predicted octanol–water partition coefficient (Wildman–Crippen LogP) is 2.28. The zero-order valence-electron chi connectivity index (χ0n) is 7.80. The Labute approximate surface area is 79.7 Å². The summed E-state index contributed by atoms with van der Waals surface area (Å²) in [6.07, 6.45) is -1.54. The Morgan fingerprint density at radius 1 is 1.50 bits per heavy atom. The van der Waals surface area contributed by atoms with Crippen LogP contribution in [0.5, 0.6) is 0 Å². The van der Waals surface area contributed by atoms with Gasteiger partial charge in [-0.1, -0.05) is 13.3 Å². The molecule has 80 valence electrons. The Morgan fingerprint density at radius 3 is 2.57 bits per heavy atom. The fourth-order valence-corrected chi connectivity index (χ4v) is 1.09. The van der Waals surface area contributed by atoms with Crippen LogP contribution in [0.4, 0.5) is 18.9 Å². The van der Waals surface area contributed by atoms with Gasteiger partial charge in [0.1, 0.15) is 0 Å². The number of aromatic nitrogens is 2. The molecule has 3 nitrogen and oxygen atoms in total. The lowest BCUT2D eigenvalue weighted by Crippen LogP contribution is -2.09. The fourth-order valence-electron chi connectivity index (χ4n) is 1.09. The quantitative estimate of drug-likeness (QED) is 0.826. The molecule has 6 heteroatoms. The first kappa shape index (κ1) is 10.9. The monoisotopic (exact) mass is 207 g/mol. The number of hydrogen-bond acceptors (Lipinski definition) is 2. The molecule has 2 N–H and O–H groups in total. The molecule has 0 spiro atoms. The van der Waals surface area contributed by atoms with Crippen LogP contribution in [0.2, 0.25) is 0 Å². The average Bonchev–Trinajstić information content (AvgIpc) is 2.42. The number of unbranched alkanes of at least 4 members (excludes halogenated alkanes) is 1. The maximum Gasteiger partial charge on any atom is 0.437 e. The lowest BCUT2D eigenvalue weighted by molar-refractivity contribution is -0.140. The minimum Gasteiger partial charge on any atom is -0.396 e. The Balaban J connectivity index is 2.83. The molecule has 0 radical (unpaired) electrons. The van der Waals surface area contributed by atoms with Gasteiger partial charge in [-0.2, -0.15) is 18.3 Å². The molecule has 0 amide bonds. The number of halogens is 3. The minimum absolute atomic E-state index is 0.311. The fraction of sp³-hybridized carbons (Fsp3) is 0.625. The van der Waals surface area contributed by atoms with Crippen molar-refractivity contribution < 1.29 is 13.2 Å². The van der Waals surface area contributed by atoms with Crippen LogP contribution in [0.3, 0.4) is 0 Å². The number of hydrogen-bond donors (Lipinski definition) is 1. The lowest BCUT2D eigenvalue weighted by Gasteiger charge is -2.02. The summed E-state index contributed by atoms with van der Waals surface area (Å²) in [5.41, 5.74) is 3.89. The summed E-state index contributed by atoms with van der Waals surface area (Å²) in [7, 11) is 0. The van der Waals surface area contributed by atoms with Gasteiger partial charge in [-0.3, -0.25) is 4.68 Å². The van der Waals surface area contributed by atoms with Gasteiger partial charge in [-0.15, -0.1) is 0 Å². The van der Waals surface area contributed by atoms with Crippen molar-refractivity contribution in [3.05, 3.63) is 11.9 Å². The highest BCUT2D eigenvalue weighted by atomic mass is 19.4. The zero-order chi connectivity index (χ0) is 10.8. The number of nitrogen functional groups attached to an aromatic ring is 1. The molecule has 0 saturated carbocycles. The molecule has 1 aromatic heterocycles. The van der Waals surface area contributed by atoms with Crippen LogP contribution in [0, 0.1) is 0 Å². The van der Waals surface area contributed by atoms with Gasteiger partial charge in [0.2, 0.25) is 0 Å². The van der Waals surface area contributed by atoms with Crippen molar-refractivity contribution in [2.45, 2.75) is 32.5 Å². The van der Waals surface area contributed by atoms with Crippen molar-refractivity contribution in [2.75, 3.05) is 5.73 Å². The number of nitrogens with zero attached hydrogens (tertiary/aromatic N) is 2. The smallest absolute Gasteiger partial charge is 0.396 e.